The summed E-state index contributed by atoms with van der Waals surface area (Å²) in [4.78, 5) is 14.2. The van der Waals surface area contributed by atoms with Gasteiger partial charge in [0.05, 0.1) is 22.7 Å². The van der Waals surface area contributed by atoms with Gasteiger partial charge in [0.15, 0.2) is 0 Å². The maximum absolute atomic E-state index is 13.0. The Bertz CT molecular complexity index is 923. The van der Waals surface area contributed by atoms with Crippen LogP contribution in [0.15, 0.2) is 47.4 Å². The van der Waals surface area contributed by atoms with Gasteiger partial charge in [-0.1, -0.05) is 18.2 Å². The Labute approximate surface area is 141 Å². The molecule has 0 unspecified atom stereocenters. The minimum atomic E-state index is -3.65. The molecule has 0 bridgehead atoms. The van der Waals surface area contributed by atoms with Gasteiger partial charge in [-0.05, 0) is 48.2 Å². The maximum atomic E-state index is 13.0. The first kappa shape index (κ1) is 15.2. The van der Waals surface area contributed by atoms with Crippen molar-refractivity contribution in [3.05, 3.63) is 53.6 Å². The Hall–Kier alpha value is -2.34. The summed E-state index contributed by atoms with van der Waals surface area (Å²) in [5.74, 6) is 0.0666. The fourth-order valence-corrected chi connectivity index (χ4v) is 4.83. The molecule has 2 aliphatic heterocycles. The number of nitrogens with zero attached hydrogens (tertiary/aromatic N) is 2. The van der Waals surface area contributed by atoms with E-state index < -0.39 is 10.0 Å². The molecule has 124 valence electrons. The summed E-state index contributed by atoms with van der Waals surface area (Å²) in [6, 6.07) is 12.4. The van der Waals surface area contributed by atoms with E-state index in [-0.39, 0.29) is 10.8 Å². The molecule has 5 nitrogen and oxygen atoms in total. The van der Waals surface area contributed by atoms with Crippen molar-refractivity contribution in [3.8, 4) is 0 Å². The van der Waals surface area contributed by atoms with Gasteiger partial charge in [-0.15, -0.1) is 0 Å². The Morgan fingerprint density at radius 2 is 1.79 bits per heavy atom. The van der Waals surface area contributed by atoms with Crippen LogP contribution in [0.2, 0.25) is 0 Å². The van der Waals surface area contributed by atoms with E-state index in [2.05, 4.69) is 0 Å². The SMILES string of the molecule is CN(c1ccccc1)S(=O)(=O)c1cc2c3c(c1)CC(=O)N3CCC2. The topological polar surface area (TPSA) is 57.7 Å². The second-order valence-corrected chi connectivity index (χ2v) is 8.19. The third kappa shape index (κ3) is 2.21. The normalized spacial score (nSPS) is 16.2. The first-order chi connectivity index (χ1) is 11.5. The van der Waals surface area contributed by atoms with Crippen molar-refractivity contribution in [3.63, 3.8) is 0 Å². The fraction of sp³-hybridized carbons (Fsp3) is 0.278. The van der Waals surface area contributed by atoms with Crippen molar-refractivity contribution in [1.82, 2.24) is 0 Å². The quantitative estimate of drug-likeness (QED) is 0.860. The number of aryl methyl sites for hydroxylation is 1. The lowest BCUT2D eigenvalue weighted by Crippen LogP contribution is -2.31. The molecule has 2 aromatic carbocycles. The number of anilines is 2. The molecule has 6 heteroatoms. The summed E-state index contributed by atoms with van der Waals surface area (Å²) in [7, 11) is -2.10. The smallest absolute Gasteiger partial charge is 0.264 e. The molecule has 2 aromatic rings. The summed E-state index contributed by atoms with van der Waals surface area (Å²) < 4.78 is 27.3. The van der Waals surface area contributed by atoms with E-state index >= 15 is 0 Å². The number of benzene rings is 2. The Morgan fingerprint density at radius 1 is 1.08 bits per heavy atom. The zero-order valence-corrected chi connectivity index (χ0v) is 14.2. The number of amides is 1. The van der Waals surface area contributed by atoms with Gasteiger partial charge in [0.25, 0.3) is 10.0 Å². The predicted molar refractivity (Wildman–Crippen MR) is 92.9 cm³/mol. The zero-order valence-electron chi connectivity index (χ0n) is 13.4. The summed E-state index contributed by atoms with van der Waals surface area (Å²) in [5.41, 5.74) is 3.35. The van der Waals surface area contributed by atoms with Crippen molar-refractivity contribution in [1.29, 1.82) is 0 Å². The molecule has 0 radical (unpaired) electrons. The average Bonchev–Trinajstić information content (AvgIpc) is 2.92. The van der Waals surface area contributed by atoms with Crippen LogP contribution in [0.1, 0.15) is 17.5 Å². The Morgan fingerprint density at radius 3 is 2.54 bits per heavy atom. The van der Waals surface area contributed by atoms with Gasteiger partial charge in [0.1, 0.15) is 0 Å². The van der Waals surface area contributed by atoms with Gasteiger partial charge < -0.3 is 4.90 Å². The molecule has 0 spiro atoms. The summed E-state index contributed by atoms with van der Waals surface area (Å²) in [6.45, 7) is 0.731. The van der Waals surface area contributed by atoms with E-state index in [9.17, 15) is 13.2 Å². The third-order valence-corrected chi connectivity index (χ3v) is 6.52. The monoisotopic (exact) mass is 342 g/mol. The van der Waals surface area contributed by atoms with Gasteiger partial charge in [-0.3, -0.25) is 9.10 Å². The van der Waals surface area contributed by atoms with Crippen LogP contribution in [-0.2, 0) is 27.7 Å². The van der Waals surface area contributed by atoms with Crippen LogP contribution < -0.4 is 9.21 Å². The lowest BCUT2D eigenvalue weighted by molar-refractivity contribution is -0.117. The summed E-state index contributed by atoms with van der Waals surface area (Å²) in [5, 5.41) is 0. The minimum absolute atomic E-state index is 0.0666. The van der Waals surface area contributed by atoms with Crippen molar-refractivity contribution in [2.24, 2.45) is 0 Å². The van der Waals surface area contributed by atoms with Gasteiger partial charge in [0, 0.05) is 13.6 Å². The van der Waals surface area contributed by atoms with Crippen LogP contribution in [0.5, 0.6) is 0 Å². The van der Waals surface area contributed by atoms with Gasteiger partial charge >= 0.3 is 0 Å². The van der Waals surface area contributed by atoms with Crippen LogP contribution in [0.4, 0.5) is 11.4 Å². The first-order valence-electron chi connectivity index (χ1n) is 7.98. The number of hydrogen-bond donors (Lipinski definition) is 0. The molecule has 0 fully saturated rings. The molecule has 0 saturated heterocycles. The molecule has 0 aromatic heterocycles. The fourth-order valence-electron chi connectivity index (χ4n) is 3.53. The molecule has 4 rings (SSSR count). The second-order valence-electron chi connectivity index (χ2n) is 6.22. The van der Waals surface area contributed by atoms with Crippen molar-refractivity contribution in [2.45, 2.75) is 24.2 Å². The molecule has 0 aliphatic carbocycles. The first-order valence-corrected chi connectivity index (χ1v) is 9.42. The molecule has 24 heavy (non-hydrogen) atoms. The van der Waals surface area contributed by atoms with Crippen LogP contribution in [-0.4, -0.2) is 27.9 Å². The van der Waals surface area contributed by atoms with Gasteiger partial charge in [-0.2, -0.15) is 0 Å². The van der Waals surface area contributed by atoms with Crippen molar-refractivity contribution < 1.29 is 13.2 Å². The van der Waals surface area contributed by atoms with Gasteiger partial charge in [0.2, 0.25) is 5.91 Å². The number of sulfonamides is 1. The highest BCUT2D eigenvalue weighted by Gasteiger charge is 2.34. The average molecular weight is 342 g/mol. The second kappa shape index (κ2) is 5.34. The lowest BCUT2D eigenvalue weighted by atomic mass is 10.0. The zero-order chi connectivity index (χ0) is 16.9. The summed E-state index contributed by atoms with van der Waals surface area (Å²) >= 11 is 0. The molecule has 0 N–H and O–H groups in total. The van der Waals surface area contributed by atoms with Crippen molar-refractivity contribution in [2.75, 3.05) is 22.8 Å². The predicted octanol–water partition coefficient (Wildman–Crippen LogP) is 2.35. The maximum Gasteiger partial charge on any atom is 0.264 e. The van der Waals surface area contributed by atoms with Gasteiger partial charge in [-0.25, -0.2) is 8.42 Å². The highest BCUT2D eigenvalue weighted by molar-refractivity contribution is 7.92. The number of carbonyl (C=O) groups excluding carboxylic acids is 1. The van der Waals surface area contributed by atoms with E-state index in [0.717, 1.165) is 36.2 Å². The van der Waals surface area contributed by atoms with E-state index in [0.29, 0.717) is 12.1 Å². The largest absolute Gasteiger partial charge is 0.312 e. The number of carbonyl (C=O) groups is 1. The van der Waals surface area contributed by atoms with E-state index in [4.69, 9.17) is 0 Å². The molecule has 2 aliphatic rings. The summed E-state index contributed by atoms with van der Waals surface area (Å²) in [6.07, 6.45) is 1.97. The van der Waals surface area contributed by atoms with Crippen molar-refractivity contribution >= 4 is 27.3 Å². The van der Waals surface area contributed by atoms with Crippen LogP contribution in [0.3, 0.4) is 0 Å². The van der Waals surface area contributed by atoms with Crippen LogP contribution in [0, 0.1) is 0 Å². The Kier molecular flexibility index (Phi) is 3.38. The van der Waals surface area contributed by atoms with E-state index in [1.165, 1.54) is 4.31 Å². The number of rotatable bonds is 3. The van der Waals surface area contributed by atoms with Crippen LogP contribution in [0.25, 0.3) is 0 Å². The minimum Gasteiger partial charge on any atom is -0.312 e. The molecule has 2 heterocycles. The lowest BCUT2D eigenvalue weighted by Gasteiger charge is -2.26. The number of para-hydroxylation sites is 1. The third-order valence-electron chi connectivity index (χ3n) is 4.76. The molecular formula is C18H18N2O3S. The molecule has 1 amide bonds. The Balaban J connectivity index is 1.81. The molecule has 0 atom stereocenters. The highest BCUT2D eigenvalue weighted by atomic mass is 32.2. The highest BCUT2D eigenvalue weighted by Crippen LogP contribution is 2.39. The number of hydrogen-bond acceptors (Lipinski definition) is 3. The van der Waals surface area contributed by atoms with Crippen LogP contribution >= 0.6 is 0 Å². The molecular weight excluding hydrogens is 324 g/mol. The standard InChI is InChI=1S/C18H18N2O3S/c1-19(15-7-3-2-4-8-15)24(22,23)16-10-13-6-5-9-20-17(21)12-14(11-16)18(13)20/h2-4,7-8,10-11H,5-6,9,12H2,1H3. The van der Waals surface area contributed by atoms with E-state index in [1.54, 1.807) is 36.2 Å². The molecule has 0 saturated carbocycles. The van der Waals surface area contributed by atoms with E-state index in [1.807, 2.05) is 18.2 Å².